The van der Waals surface area contributed by atoms with Crippen molar-refractivity contribution < 1.29 is 14.4 Å². The van der Waals surface area contributed by atoms with Crippen molar-refractivity contribution in [1.82, 2.24) is 10.6 Å². The van der Waals surface area contributed by atoms with Gasteiger partial charge in [0.2, 0.25) is 17.7 Å². The average Bonchev–Trinajstić information content (AvgIpc) is 3.07. The van der Waals surface area contributed by atoms with Gasteiger partial charge in [0.25, 0.3) is 0 Å². The summed E-state index contributed by atoms with van der Waals surface area (Å²) in [4.78, 5) is 38.0. The Hall–Kier alpha value is -2.80. The van der Waals surface area contributed by atoms with Gasteiger partial charge in [0.15, 0.2) is 0 Å². The van der Waals surface area contributed by atoms with Crippen molar-refractivity contribution in [1.29, 1.82) is 0 Å². The number of fused-ring (bicyclic) bond motifs is 1. The molecule has 2 aromatic carbocycles. The van der Waals surface area contributed by atoms with Gasteiger partial charge in [-0.1, -0.05) is 42.5 Å². The summed E-state index contributed by atoms with van der Waals surface area (Å²) < 4.78 is 0. The molecule has 2 aliphatic rings. The second kappa shape index (κ2) is 7.44. The minimum absolute atomic E-state index is 0.137. The van der Waals surface area contributed by atoms with Crippen LogP contribution in [0.3, 0.4) is 0 Å². The molecule has 0 aliphatic carbocycles. The van der Waals surface area contributed by atoms with Gasteiger partial charge in [-0.05, 0) is 24.1 Å². The number of benzene rings is 2. The van der Waals surface area contributed by atoms with Crippen LogP contribution in [-0.2, 0) is 14.4 Å². The SMILES string of the molecule is O=C1CC[C@@H](C(=O)N[C@H]2C(=O)Nc3ccccc3S[C@H]2c2ccccc2)N1. The van der Waals surface area contributed by atoms with Crippen LogP contribution >= 0.6 is 11.8 Å². The fourth-order valence-corrected chi connectivity index (χ4v) is 4.63. The zero-order chi connectivity index (χ0) is 18.8. The number of anilines is 1. The number of amides is 3. The molecule has 2 aromatic rings. The highest BCUT2D eigenvalue weighted by molar-refractivity contribution is 7.99. The van der Waals surface area contributed by atoms with E-state index >= 15 is 0 Å². The fourth-order valence-electron chi connectivity index (χ4n) is 3.33. The topological polar surface area (TPSA) is 87.3 Å². The number of thioether (sulfide) groups is 1. The monoisotopic (exact) mass is 381 g/mol. The maximum absolute atomic E-state index is 12.9. The number of hydrogen-bond donors (Lipinski definition) is 3. The van der Waals surface area contributed by atoms with Crippen LogP contribution in [0.25, 0.3) is 0 Å². The number of nitrogens with one attached hydrogen (secondary N) is 3. The molecule has 0 aromatic heterocycles. The Balaban J connectivity index is 1.65. The maximum atomic E-state index is 12.9. The minimum atomic E-state index is -0.755. The van der Waals surface area contributed by atoms with E-state index in [1.165, 1.54) is 0 Å². The first-order valence-electron chi connectivity index (χ1n) is 8.83. The lowest BCUT2D eigenvalue weighted by atomic mass is 10.0. The number of carbonyl (C=O) groups excluding carboxylic acids is 3. The summed E-state index contributed by atoms with van der Waals surface area (Å²) in [6, 6.07) is 15.9. The first-order valence-corrected chi connectivity index (χ1v) is 9.71. The van der Waals surface area contributed by atoms with Crippen LogP contribution in [0.15, 0.2) is 59.5 Å². The van der Waals surface area contributed by atoms with Crippen LogP contribution in [0.2, 0.25) is 0 Å². The van der Waals surface area contributed by atoms with E-state index in [1.807, 2.05) is 54.6 Å². The lowest BCUT2D eigenvalue weighted by Crippen LogP contribution is -2.51. The van der Waals surface area contributed by atoms with Gasteiger partial charge in [-0.2, -0.15) is 0 Å². The Kier molecular flexibility index (Phi) is 4.85. The Morgan fingerprint density at radius 1 is 1.04 bits per heavy atom. The standard InChI is InChI=1S/C20H19N3O3S/c24-16-11-10-14(21-16)19(25)23-17-18(12-6-2-1-3-7-12)27-15-9-5-4-8-13(15)22-20(17)26/h1-9,14,17-18H,10-11H2,(H,21,24)(H,22,26)(H,23,25)/t14-,17+,18-/m0/s1. The normalized spacial score (nSPS) is 24.4. The van der Waals surface area contributed by atoms with Crippen molar-refractivity contribution in [2.24, 2.45) is 0 Å². The Labute approximate surface area is 161 Å². The maximum Gasteiger partial charge on any atom is 0.248 e. The molecule has 4 rings (SSSR count). The van der Waals surface area contributed by atoms with Crippen LogP contribution in [-0.4, -0.2) is 29.8 Å². The van der Waals surface area contributed by atoms with Crippen molar-refractivity contribution in [2.75, 3.05) is 5.32 Å². The highest BCUT2D eigenvalue weighted by atomic mass is 32.2. The van der Waals surface area contributed by atoms with E-state index in [4.69, 9.17) is 0 Å². The summed E-state index contributed by atoms with van der Waals surface area (Å²) in [5, 5.41) is 8.16. The summed E-state index contributed by atoms with van der Waals surface area (Å²) in [5.41, 5.74) is 1.69. The van der Waals surface area contributed by atoms with Gasteiger partial charge >= 0.3 is 0 Å². The van der Waals surface area contributed by atoms with Crippen molar-refractivity contribution in [3.63, 3.8) is 0 Å². The van der Waals surface area contributed by atoms with Crippen LogP contribution in [0.1, 0.15) is 23.7 Å². The van der Waals surface area contributed by atoms with Gasteiger partial charge in [0.1, 0.15) is 12.1 Å². The summed E-state index contributed by atoms with van der Waals surface area (Å²) in [6.45, 7) is 0. The highest BCUT2D eigenvalue weighted by Crippen LogP contribution is 2.43. The van der Waals surface area contributed by atoms with E-state index < -0.39 is 12.1 Å². The summed E-state index contributed by atoms with van der Waals surface area (Å²) >= 11 is 1.54. The molecule has 6 nitrogen and oxygen atoms in total. The van der Waals surface area contributed by atoms with E-state index in [0.29, 0.717) is 12.8 Å². The molecule has 2 aliphatic heterocycles. The first kappa shape index (κ1) is 17.6. The van der Waals surface area contributed by atoms with Gasteiger partial charge in [-0.25, -0.2) is 0 Å². The smallest absolute Gasteiger partial charge is 0.248 e. The Morgan fingerprint density at radius 2 is 1.78 bits per heavy atom. The van der Waals surface area contributed by atoms with Crippen LogP contribution in [0.4, 0.5) is 5.69 Å². The number of para-hydroxylation sites is 1. The molecule has 0 unspecified atom stereocenters. The Morgan fingerprint density at radius 3 is 2.52 bits per heavy atom. The third kappa shape index (κ3) is 3.68. The highest BCUT2D eigenvalue weighted by Gasteiger charge is 2.37. The fraction of sp³-hybridized carbons (Fsp3) is 0.250. The van der Waals surface area contributed by atoms with Gasteiger partial charge in [0.05, 0.1) is 10.9 Å². The lowest BCUT2D eigenvalue weighted by Gasteiger charge is -2.25. The number of carbonyl (C=O) groups is 3. The second-order valence-electron chi connectivity index (χ2n) is 6.58. The van der Waals surface area contributed by atoms with Crippen LogP contribution in [0, 0.1) is 0 Å². The predicted molar refractivity (Wildman–Crippen MR) is 103 cm³/mol. The quantitative estimate of drug-likeness (QED) is 0.761. The van der Waals surface area contributed by atoms with E-state index in [0.717, 1.165) is 16.1 Å². The van der Waals surface area contributed by atoms with E-state index in [-0.39, 0.29) is 23.0 Å². The molecule has 1 saturated heterocycles. The number of rotatable bonds is 3. The third-order valence-corrected chi connectivity index (χ3v) is 6.13. The van der Waals surface area contributed by atoms with Gasteiger partial charge in [-0.15, -0.1) is 11.8 Å². The largest absolute Gasteiger partial charge is 0.344 e. The molecule has 0 spiro atoms. The molecule has 3 N–H and O–H groups in total. The van der Waals surface area contributed by atoms with Gasteiger partial charge < -0.3 is 16.0 Å². The molecular formula is C20H19N3O3S. The summed E-state index contributed by atoms with van der Waals surface area (Å²) in [6.07, 6.45) is 0.777. The second-order valence-corrected chi connectivity index (χ2v) is 7.76. The van der Waals surface area contributed by atoms with E-state index in [9.17, 15) is 14.4 Å². The Bertz CT molecular complexity index is 887. The molecule has 138 valence electrons. The average molecular weight is 381 g/mol. The van der Waals surface area contributed by atoms with Gasteiger partial charge in [0, 0.05) is 11.3 Å². The molecule has 7 heteroatoms. The van der Waals surface area contributed by atoms with Crippen molar-refractivity contribution in [3.8, 4) is 0 Å². The molecule has 3 amide bonds. The number of hydrogen-bond acceptors (Lipinski definition) is 4. The van der Waals surface area contributed by atoms with Crippen LogP contribution < -0.4 is 16.0 Å². The minimum Gasteiger partial charge on any atom is -0.344 e. The van der Waals surface area contributed by atoms with Crippen molar-refractivity contribution in [3.05, 3.63) is 60.2 Å². The molecule has 0 bridgehead atoms. The third-order valence-electron chi connectivity index (χ3n) is 4.72. The van der Waals surface area contributed by atoms with E-state index in [2.05, 4.69) is 16.0 Å². The van der Waals surface area contributed by atoms with Crippen LogP contribution in [0.5, 0.6) is 0 Å². The van der Waals surface area contributed by atoms with Crippen molar-refractivity contribution >= 4 is 35.2 Å². The van der Waals surface area contributed by atoms with Gasteiger partial charge in [-0.3, -0.25) is 14.4 Å². The summed E-state index contributed by atoms with van der Waals surface area (Å²) in [5.74, 6) is -0.727. The molecule has 2 heterocycles. The molecule has 0 saturated carbocycles. The summed E-state index contributed by atoms with van der Waals surface area (Å²) in [7, 11) is 0. The lowest BCUT2D eigenvalue weighted by molar-refractivity contribution is -0.128. The molecule has 0 radical (unpaired) electrons. The zero-order valence-corrected chi connectivity index (χ0v) is 15.3. The predicted octanol–water partition coefficient (Wildman–Crippen LogP) is 2.24. The molecule has 1 fully saturated rings. The molecule has 3 atom stereocenters. The van der Waals surface area contributed by atoms with Crippen molar-refractivity contribution in [2.45, 2.75) is 35.1 Å². The van der Waals surface area contributed by atoms with E-state index in [1.54, 1.807) is 11.8 Å². The molecular weight excluding hydrogens is 362 g/mol. The molecule has 27 heavy (non-hydrogen) atoms. The first-order chi connectivity index (χ1) is 13.1. The zero-order valence-electron chi connectivity index (χ0n) is 14.5.